The van der Waals surface area contributed by atoms with Crippen molar-refractivity contribution in [2.24, 2.45) is 0 Å². The number of rotatable bonds is 26. The molecule has 0 saturated carbocycles. The number of fused-ring (bicyclic) bond motifs is 2. The number of thiazole rings is 1. The van der Waals surface area contributed by atoms with Crippen LogP contribution in [0.4, 0.5) is 24.3 Å². The molecule has 0 spiro atoms. The number of aromatic carboxylic acids is 1. The number of ether oxygens (including phenoxy) is 2. The number of alkyl halides is 3. The molecule has 0 aliphatic rings. The highest BCUT2D eigenvalue weighted by Crippen LogP contribution is 2.32. The predicted octanol–water partition coefficient (Wildman–Crippen LogP) is 11.0. The van der Waals surface area contributed by atoms with Crippen LogP contribution in [0, 0.1) is 0 Å². The zero-order valence-electron chi connectivity index (χ0n) is 31.2. The number of thiol groups is 1. The number of carbonyl (C=O) groups is 1. The van der Waals surface area contributed by atoms with Gasteiger partial charge in [0.15, 0.2) is 10.8 Å². The maximum Gasteiger partial charge on any atom is 0.389 e. The highest BCUT2D eigenvalue weighted by molar-refractivity contribution is 7.78. The molecule has 0 atom stereocenters. The van der Waals surface area contributed by atoms with E-state index in [1.807, 2.05) is 25.1 Å². The van der Waals surface area contributed by atoms with Crippen LogP contribution in [0.2, 0.25) is 0 Å². The molecule has 3 heterocycles. The van der Waals surface area contributed by atoms with Gasteiger partial charge in [-0.1, -0.05) is 108 Å². The van der Waals surface area contributed by atoms with E-state index < -0.39 is 18.6 Å². The summed E-state index contributed by atoms with van der Waals surface area (Å²) in [6, 6.07) is 7.09. The van der Waals surface area contributed by atoms with Crippen molar-refractivity contribution in [3.8, 4) is 5.75 Å². The first-order valence-corrected chi connectivity index (χ1v) is 20.3. The van der Waals surface area contributed by atoms with Crippen LogP contribution in [-0.2, 0) is 4.74 Å². The van der Waals surface area contributed by atoms with E-state index in [0.717, 1.165) is 74.4 Å². The minimum Gasteiger partial charge on any atom is -0.494 e. The second-order valence-electron chi connectivity index (χ2n) is 13.0. The van der Waals surface area contributed by atoms with Gasteiger partial charge in [0.2, 0.25) is 5.95 Å². The van der Waals surface area contributed by atoms with E-state index in [4.69, 9.17) is 14.6 Å². The summed E-state index contributed by atoms with van der Waals surface area (Å²) in [6.07, 6.45) is 13.2. The first kappa shape index (κ1) is 44.3. The van der Waals surface area contributed by atoms with Crippen LogP contribution in [0.3, 0.4) is 0 Å². The van der Waals surface area contributed by atoms with Crippen LogP contribution >= 0.6 is 24.2 Å². The fourth-order valence-corrected chi connectivity index (χ4v) is 6.73. The van der Waals surface area contributed by atoms with Gasteiger partial charge in [0.25, 0.3) is 0 Å². The Balaban J connectivity index is 0.000000399. The number of carboxylic acid groups (broad SMARTS) is 1. The van der Waals surface area contributed by atoms with Crippen LogP contribution in [0.15, 0.2) is 30.5 Å². The molecule has 53 heavy (non-hydrogen) atoms. The SMILES string of the molecule is CCCCCCCCCCNCCOCC.O=C(O)c1cnc2c(c1)nc(Nc1nc3ccc(OCCCCCCCCCC(F)(F)F)cc3s1)n2S. The van der Waals surface area contributed by atoms with Gasteiger partial charge in [-0.15, -0.1) is 0 Å². The summed E-state index contributed by atoms with van der Waals surface area (Å²) in [7, 11) is 0. The summed E-state index contributed by atoms with van der Waals surface area (Å²) < 4.78 is 49.9. The molecule has 3 N–H and O–H groups in total. The molecule has 0 saturated heterocycles. The molecule has 10 nitrogen and oxygen atoms in total. The number of nitrogens with zero attached hydrogens (tertiary/aromatic N) is 4. The summed E-state index contributed by atoms with van der Waals surface area (Å²) in [5.41, 5.74) is 1.65. The molecule has 4 aromatic rings. The largest absolute Gasteiger partial charge is 0.494 e. The number of carboxylic acids is 1. The van der Waals surface area contributed by atoms with Crippen molar-refractivity contribution < 1.29 is 32.5 Å². The maximum absolute atomic E-state index is 12.1. The van der Waals surface area contributed by atoms with E-state index in [1.54, 1.807) is 0 Å². The molecule has 0 aliphatic heterocycles. The van der Waals surface area contributed by atoms with Crippen LogP contribution in [0.5, 0.6) is 5.75 Å². The van der Waals surface area contributed by atoms with Crippen molar-refractivity contribution in [3.05, 3.63) is 36.0 Å². The van der Waals surface area contributed by atoms with Gasteiger partial charge in [0.1, 0.15) is 11.3 Å². The normalized spacial score (nSPS) is 11.6. The summed E-state index contributed by atoms with van der Waals surface area (Å²) in [6.45, 7) is 8.73. The number of aromatic nitrogens is 4. The molecule has 0 fully saturated rings. The van der Waals surface area contributed by atoms with E-state index in [0.29, 0.717) is 35.3 Å². The second-order valence-corrected chi connectivity index (χ2v) is 14.4. The van der Waals surface area contributed by atoms with Crippen LogP contribution in [0.25, 0.3) is 21.4 Å². The molecule has 296 valence electrons. The Morgan fingerprint density at radius 2 is 1.55 bits per heavy atom. The lowest BCUT2D eigenvalue weighted by Crippen LogP contribution is -2.20. The molecule has 15 heteroatoms. The molecule has 4 rings (SSSR count). The Morgan fingerprint density at radius 1 is 0.868 bits per heavy atom. The fourth-order valence-electron chi connectivity index (χ4n) is 5.59. The average molecular weight is 783 g/mol. The Labute approximate surface area is 321 Å². The lowest BCUT2D eigenvalue weighted by Gasteiger charge is -2.07. The highest BCUT2D eigenvalue weighted by atomic mass is 32.1. The minimum absolute atomic E-state index is 0.0397. The van der Waals surface area contributed by atoms with Gasteiger partial charge in [-0.25, -0.2) is 23.7 Å². The zero-order chi connectivity index (χ0) is 38.3. The molecule has 3 aromatic heterocycles. The minimum atomic E-state index is -4.05. The van der Waals surface area contributed by atoms with Crippen LogP contribution in [0.1, 0.15) is 127 Å². The van der Waals surface area contributed by atoms with Gasteiger partial charge in [0.05, 0.1) is 29.0 Å². The highest BCUT2D eigenvalue weighted by Gasteiger charge is 2.25. The summed E-state index contributed by atoms with van der Waals surface area (Å²) in [5, 5.41) is 16.3. The van der Waals surface area contributed by atoms with E-state index in [1.165, 1.54) is 78.9 Å². The number of nitrogens with one attached hydrogen (secondary N) is 2. The summed E-state index contributed by atoms with van der Waals surface area (Å²) in [4.78, 5) is 24.2. The fraction of sp³-hybridized carbons (Fsp3) is 0.632. The molecule has 0 amide bonds. The Hall–Kier alpha value is -3.14. The van der Waals surface area contributed by atoms with Gasteiger partial charge in [0, 0.05) is 25.8 Å². The first-order chi connectivity index (χ1) is 25.6. The molecule has 0 aliphatic carbocycles. The van der Waals surface area contributed by atoms with Crippen molar-refractivity contribution in [2.45, 2.75) is 123 Å². The number of benzene rings is 1. The maximum atomic E-state index is 12.1. The lowest BCUT2D eigenvalue weighted by molar-refractivity contribution is -0.135. The number of pyridine rings is 1. The predicted molar refractivity (Wildman–Crippen MR) is 212 cm³/mol. The van der Waals surface area contributed by atoms with Gasteiger partial charge in [-0.05, 0) is 57.0 Å². The third-order valence-corrected chi connectivity index (χ3v) is 9.82. The molecule has 0 bridgehead atoms. The number of halogens is 3. The number of hydrogen-bond donors (Lipinski definition) is 4. The second kappa shape index (κ2) is 25.0. The van der Waals surface area contributed by atoms with Crippen molar-refractivity contribution >= 4 is 62.6 Å². The van der Waals surface area contributed by atoms with Gasteiger partial charge in [-0.2, -0.15) is 13.2 Å². The number of anilines is 2. The quantitative estimate of drug-likeness (QED) is 0.0364. The van der Waals surface area contributed by atoms with E-state index in [2.05, 4.69) is 45.3 Å². The van der Waals surface area contributed by atoms with Crippen LogP contribution < -0.4 is 15.4 Å². The first-order valence-electron chi connectivity index (χ1n) is 19.1. The molecule has 0 radical (unpaired) electrons. The summed E-state index contributed by atoms with van der Waals surface area (Å²) >= 11 is 5.82. The van der Waals surface area contributed by atoms with Crippen molar-refractivity contribution in [3.63, 3.8) is 0 Å². The summed E-state index contributed by atoms with van der Waals surface area (Å²) in [5.74, 6) is 0.0195. The monoisotopic (exact) mass is 782 g/mol. The molecular weight excluding hydrogens is 726 g/mol. The van der Waals surface area contributed by atoms with Crippen LogP contribution in [-0.4, -0.2) is 69.1 Å². The Kier molecular flexibility index (Phi) is 20.9. The van der Waals surface area contributed by atoms with E-state index in [9.17, 15) is 18.0 Å². The molecule has 0 unspecified atom stereocenters. The van der Waals surface area contributed by atoms with Crippen molar-refractivity contribution in [1.29, 1.82) is 0 Å². The van der Waals surface area contributed by atoms with E-state index in [-0.39, 0.29) is 12.0 Å². The standard InChI is InChI=1S/C24H26F3N5O3S2.C14H31NO/c25-24(26,27)10-6-4-2-1-3-5-7-11-35-16-8-9-17-19(13-16)37-23(30-17)31-22-29-18-12-15(21(33)34)14-28-20(18)32(22)36;1-3-5-6-7-8-9-10-11-12-15-13-14-16-4-2/h8-9,12-14,36H,1-7,10-11H2,(H,33,34)(H,29,30,31);15H,3-14H2,1-2H3. The third-order valence-electron chi connectivity index (χ3n) is 8.51. The number of hydrogen-bond acceptors (Lipinski definition) is 10. The zero-order valence-corrected chi connectivity index (χ0v) is 32.9. The van der Waals surface area contributed by atoms with Gasteiger partial charge < -0.3 is 25.2 Å². The lowest BCUT2D eigenvalue weighted by atomic mass is 10.1. The van der Waals surface area contributed by atoms with Crippen molar-refractivity contribution in [1.82, 2.24) is 24.2 Å². The molecule has 1 aromatic carbocycles. The smallest absolute Gasteiger partial charge is 0.389 e. The third kappa shape index (κ3) is 17.7. The van der Waals surface area contributed by atoms with Gasteiger partial charge in [-0.3, -0.25) is 0 Å². The average Bonchev–Trinajstić information content (AvgIpc) is 3.68. The molecular formula is C38H57F3N6O4S2. The topological polar surface area (TPSA) is 123 Å². The number of unbranched alkanes of at least 4 members (excludes halogenated alkanes) is 13. The van der Waals surface area contributed by atoms with E-state index >= 15 is 0 Å². The number of imidazole rings is 1. The van der Waals surface area contributed by atoms with Gasteiger partial charge >= 0.3 is 12.1 Å². The van der Waals surface area contributed by atoms with Crippen molar-refractivity contribution in [2.75, 3.05) is 38.2 Å². The Bertz CT molecular complexity index is 1600. The Morgan fingerprint density at radius 3 is 2.23 bits per heavy atom.